The van der Waals surface area contributed by atoms with Gasteiger partial charge >= 0.3 is 0 Å². The molecule has 2 aromatic rings. The van der Waals surface area contributed by atoms with Crippen molar-refractivity contribution >= 4 is 15.9 Å². The summed E-state index contributed by atoms with van der Waals surface area (Å²) < 4.78 is 11.6. The fourth-order valence-corrected chi connectivity index (χ4v) is 2.67. The first kappa shape index (κ1) is 18.6. The molecule has 0 atom stereocenters. The Labute approximate surface area is 142 Å². The fraction of sp³-hybridized carbons (Fsp3) is 0.368. The normalized spacial score (nSPS) is 9.82. The average Bonchev–Trinajstić information content (AvgIpc) is 2.48. The molecule has 120 valence electrons. The van der Waals surface area contributed by atoms with Gasteiger partial charge in [0.1, 0.15) is 11.5 Å². The molecule has 3 heteroatoms. The number of benzene rings is 2. The standard InChI is InChI=1S/C10H14O.C9H11BrO/c1-7-5-6-8(2)10(11-4)9(7)3;1-6-5-9(11-3)7(2)4-8(6)10/h5-6H,1-4H3;4-5H,1-3H3. The van der Waals surface area contributed by atoms with Crippen molar-refractivity contribution in [2.75, 3.05) is 14.2 Å². The molecule has 0 aliphatic heterocycles. The molecule has 0 aromatic heterocycles. The van der Waals surface area contributed by atoms with E-state index in [2.05, 4.69) is 54.9 Å². The summed E-state index contributed by atoms with van der Waals surface area (Å²) >= 11 is 3.45. The molecule has 0 aliphatic carbocycles. The van der Waals surface area contributed by atoms with Gasteiger partial charge < -0.3 is 9.47 Å². The first-order valence-electron chi connectivity index (χ1n) is 7.23. The number of ether oxygens (including phenoxy) is 2. The van der Waals surface area contributed by atoms with Gasteiger partial charge in [0.25, 0.3) is 0 Å². The molecule has 0 N–H and O–H groups in total. The molecule has 0 unspecified atom stereocenters. The Bertz CT molecular complexity index is 648. The molecule has 0 radical (unpaired) electrons. The van der Waals surface area contributed by atoms with Crippen LogP contribution < -0.4 is 9.47 Å². The number of hydrogen-bond acceptors (Lipinski definition) is 2. The van der Waals surface area contributed by atoms with Crippen LogP contribution in [-0.4, -0.2) is 14.2 Å². The Morgan fingerprint density at radius 3 is 1.82 bits per heavy atom. The van der Waals surface area contributed by atoms with Crippen LogP contribution in [0, 0.1) is 34.6 Å². The minimum Gasteiger partial charge on any atom is -0.496 e. The van der Waals surface area contributed by atoms with Gasteiger partial charge in [0.2, 0.25) is 0 Å². The van der Waals surface area contributed by atoms with Crippen LogP contribution in [0.4, 0.5) is 0 Å². The molecule has 2 rings (SSSR count). The molecule has 0 spiro atoms. The highest BCUT2D eigenvalue weighted by Gasteiger charge is 2.03. The third-order valence-electron chi connectivity index (χ3n) is 3.75. The zero-order valence-corrected chi connectivity index (χ0v) is 16.1. The van der Waals surface area contributed by atoms with Crippen LogP contribution in [-0.2, 0) is 0 Å². The van der Waals surface area contributed by atoms with E-state index < -0.39 is 0 Å². The highest BCUT2D eigenvalue weighted by molar-refractivity contribution is 9.10. The minimum atomic E-state index is 0.950. The van der Waals surface area contributed by atoms with E-state index in [0.29, 0.717) is 0 Å². The largest absolute Gasteiger partial charge is 0.496 e. The second-order valence-electron chi connectivity index (χ2n) is 5.43. The second-order valence-corrected chi connectivity index (χ2v) is 6.28. The molecule has 2 nitrogen and oxygen atoms in total. The molecular weight excluding hydrogens is 340 g/mol. The van der Waals surface area contributed by atoms with Crippen LogP contribution in [0.15, 0.2) is 28.7 Å². The lowest BCUT2D eigenvalue weighted by Gasteiger charge is -2.09. The van der Waals surface area contributed by atoms with Crippen molar-refractivity contribution in [3.05, 3.63) is 56.6 Å². The zero-order chi connectivity index (χ0) is 16.9. The van der Waals surface area contributed by atoms with Gasteiger partial charge in [-0.25, -0.2) is 0 Å². The van der Waals surface area contributed by atoms with E-state index in [1.807, 2.05) is 19.9 Å². The summed E-state index contributed by atoms with van der Waals surface area (Å²) in [6.07, 6.45) is 0. The molecular formula is C19H25BrO2. The van der Waals surface area contributed by atoms with E-state index in [-0.39, 0.29) is 0 Å². The Morgan fingerprint density at radius 2 is 1.32 bits per heavy atom. The lowest BCUT2D eigenvalue weighted by molar-refractivity contribution is 0.408. The lowest BCUT2D eigenvalue weighted by Crippen LogP contribution is -1.92. The van der Waals surface area contributed by atoms with Gasteiger partial charge in [-0.05, 0) is 74.6 Å². The van der Waals surface area contributed by atoms with Crippen LogP contribution in [0.25, 0.3) is 0 Å². The number of halogens is 1. The predicted molar refractivity (Wildman–Crippen MR) is 97.4 cm³/mol. The third-order valence-corrected chi connectivity index (χ3v) is 4.61. The van der Waals surface area contributed by atoms with E-state index in [0.717, 1.165) is 21.5 Å². The molecule has 0 fully saturated rings. The number of aryl methyl sites for hydroxylation is 4. The summed E-state index contributed by atoms with van der Waals surface area (Å²) in [7, 11) is 3.41. The number of methoxy groups -OCH3 is 2. The van der Waals surface area contributed by atoms with Gasteiger partial charge in [-0.2, -0.15) is 0 Å². The predicted octanol–water partition coefficient (Wildman–Crippen LogP) is 5.70. The lowest BCUT2D eigenvalue weighted by atomic mass is 10.1. The van der Waals surface area contributed by atoms with Gasteiger partial charge in [0, 0.05) is 4.47 Å². The molecule has 0 saturated carbocycles. The smallest absolute Gasteiger partial charge is 0.124 e. The Balaban J connectivity index is 0.000000220. The van der Waals surface area contributed by atoms with Crippen molar-refractivity contribution in [2.24, 2.45) is 0 Å². The van der Waals surface area contributed by atoms with Crippen LogP contribution in [0.2, 0.25) is 0 Å². The second kappa shape index (κ2) is 8.23. The Hall–Kier alpha value is -1.48. The molecule has 0 saturated heterocycles. The van der Waals surface area contributed by atoms with E-state index >= 15 is 0 Å². The van der Waals surface area contributed by atoms with Crippen molar-refractivity contribution < 1.29 is 9.47 Å². The summed E-state index contributed by atoms with van der Waals surface area (Å²) in [4.78, 5) is 0. The quantitative estimate of drug-likeness (QED) is 0.680. The summed E-state index contributed by atoms with van der Waals surface area (Å²) in [5.74, 6) is 1.97. The Morgan fingerprint density at radius 1 is 0.727 bits per heavy atom. The SMILES string of the molecule is COc1c(C)ccc(C)c1C.COc1cc(C)c(Br)cc1C. The molecule has 22 heavy (non-hydrogen) atoms. The molecule has 0 amide bonds. The minimum absolute atomic E-state index is 0.950. The van der Waals surface area contributed by atoms with Crippen molar-refractivity contribution in [3.63, 3.8) is 0 Å². The van der Waals surface area contributed by atoms with Crippen molar-refractivity contribution in [1.29, 1.82) is 0 Å². The van der Waals surface area contributed by atoms with Gasteiger partial charge in [0.05, 0.1) is 14.2 Å². The van der Waals surface area contributed by atoms with Crippen molar-refractivity contribution in [3.8, 4) is 11.5 Å². The van der Waals surface area contributed by atoms with Gasteiger partial charge in [0.15, 0.2) is 0 Å². The maximum atomic E-state index is 5.26. The molecule has 2 aromatic carbocycles. The first-order valence-corrected chi connectivity index (χ1v) is 8.02. The van der Waals surface area contributed by atoms with Gasteiger partial charge in [-0.1, -0.05) is 28.1 Å². The highest BCUT2D eigenvalue weighted by Crippen LogP contribution is 2.26. The average molecular weight is 365 g/mol. The molecule has 0 heterocycles. The Kier molecular flexibility index (Phi) is 6.95. The van der Waals surface area contributed by atoms with Crippen LogP contribution in [0.3, 0.4) is 0 Å². The maximum absolute atomic E-state index is 5.26. The number of rotatable bonds is 2. The monoisotopic (exact) mass is 364 g/mol. The molecule has 0 bridgehead atoms. The van der Waals surface area contributed by atoms with Crippen molar-refractivity contribution in [1.82, 2.24) is 0 Å². The van der Waals surface area contributed by atoms with Crippen molar-refractivity contribution in [2.45, 2.75) is 34.6 Å². The van der Waals surface area contributed by atoms with Gasteiger partial charge in [-0.15, -0.1) is 0 Å². The van der Waals surface area contributed by atoms with Crippen LogP contribution in [0.1, 0.15) is 27.8 Å². The van der Waals surface area contributed by atoms with E-state index in [9.17, 15) is 0 Å². The fourth-order valence-electron chi connectivity index (χ4n) is 2.21. The topological polar surface area (TPSA) is 18.5 Å². The van der Waals surface area contributed by atoms with Crippen LogP contribution >= 0.6 is 15.9 Å². The number of hydrogen-bond donors (Lipinski definition) is 0. The summed E-state index contributed by atoms with van der Waals surface area (Å²) in [5.41, 5.74) is 6.09. The van der Waals surface area contributed by atoms with E-state index in [1.165, 1.54) is 22.3 Å². The maximum Gasteiger partial charge on any atom is 0.124 e. The summed E-state index contributed by atoms with van der Waals surface area (Å²) in [6.45, 7) is 10.3. The third kappa shape index (κ3) is 4.51. The van der Waals surface area contributed by atoms with Gasteiger partial charge in [-0.3, -0.25) is 0 Å². The zero-order valence-electron chi connectivity index (χ0n) is 14.5. The van der Waals surface area contributed by atoms with E-state index in [4.69, 9.17) is 9.47 Å². The summed E-state index contributed by atoms with van der Waals surface area (Å²) in [5, 5.41) is 0. The summed E-state index contributed by atoms with van der Waals surface area (Å²) in [6, 6.07) is 8.29. The van der Waals surface area contributed by atoms with Crippen LogP contribution in [0.5, 0.6) is 11.5 Å². The molecule has 0 aliphatic rings. The highest BCUT2D eigenvalue weighted by atomic mass is 79.9. The van der Waals surface area contributed by atoms with E-state index in [1.54, 1.807) is 14.2 Å². The first-order chi connectivity index (χ1) is 10.3.